The Bertz CT molecular complexity index is 1080. The van der Waals surface area contributed by atoms with Gasteiger partial charge in [0.25, 0.3) is 0 Å². The van der Waals surface area contributed by atoms with E-state index in [9.17, 15) is 0 Å². The summed E-state index contributed by atoms with van der Waals surface area (Å²) in [5.74, 6) is 12.5. The van der Waals surface area contributed by atoms with Crippen LogP contribution in [-0.4, -0.2) is 30.5 Å². The monoisotopic (exact) mass is 659 g/mol. The van der Waals surface area contributed by atoms with Crippen LogP contribution in [0.2, 0.25) is 0 Å². The third kappa shape index (κ3) is 5.93. The Hall–Kier alpha value is -0.120. The van der Waals surface area contributed by atoms with Gasteiger partial charge in [0.1, 0.15) is 0 Å². The first-order valence-electron chi connectivity index (χ1n) is 23.0. The van der Waals surface area contributed by atoms with Crippen molar-refractivity contribution in [1.29, 1.82) is 0 Å². The number of hydrogen-bond acceptors (Lipinski definition) is 3. The molecule has 2 heterocycles. The van der Waals surface area contributed by atoms with E-state index in [0.29, 0.717) is 18.4 Å². The zero-order valence-corrected chi connectivity index (χ0v) is 30.9. The van der Waals surface area contributed by atoms with E-state index in [2.05, 4.69) is 10.6 Å². The first-order chi connectivity index (χ1) is 23.8. The highest BCUT2D eigenvalue weighted by Crippen LogP contribution is 2.60. The molecule has 10 aliphatic rings. The van der Waals surface area contributed by atoms with Gasteiger partial charge >= 0.3 is 0 Å². The van der Waals surface area contributed by atoms with Crippen molar-refractivity contribution < 1.29 is 4.74 Å². The van der Waals surface area contributed by atoms with E-state index >= 15 is 0 Å². The minimum atomic E-state index is 0.569. The third-order valence-corrected chi connectivity index (χ3v) is 18.5. The maximum atomic E-state index is 7.56. The summed E-state index contributed by atoms with van der Waals surface area (Å²) < 4.78 is 7.56. The highest BCUT2D eigenvalue weighted by atomic mass is 16.5. The Morgan fingerprint density at radius 3 is 1.67 bits per heavy atom. The van der Waals surface area contributed by atoms with Gasteiger partial charge in [-0.25, -0.2) is 0 Å². The Morgan fingerprint density at radius 1 is 0.333 bits per heavy atom. The fourth-order valence-electron chi connectivity index (χ4n) is 16.6. The predicted octanol–water partition coefficient (Wildman–Crippen LogP) is 10.7. The average molecular weight is 659 g/mol. The Kier molecular flexibility index (Phi) is 9.50. The van der Waals surface area contributed by atoms with Crippen LogP contribution in [-0.2, 0) is 4.74 Å². The Labute approximate surface area is 295 Å². The van der Waals surface area contributed by atoms with Crippen molar-refractivity contribution in [2.75, 3.05) is 0 Å². The standard InChI is InChI=1S/C45H74N2O/c1-3-12-28(13-4-1)35-22-23-37(43-38-25-30-16-7-8-17-31(30)26-41(38)48-44(35)43)40-27-39(46-45(47-40)29-14-5-2-6-15-29)36-21-11-19-33-24-32-18-9-10-20-34(32)42(33)36/h28-47H,1-27H2. The lowest BCUT2D eigenvalue weighted by molar-refractivity contribution is -0.0727. The van der Waals surface area contributed by atoms with E-state index in [0.717, 1.165) is 89.0 Å². The fraction of sp³-hybridized carbons (Fsp3) is 1.00. The molecule has 2 saturated heterocycles. The molecule has 3 nitrogen and oxygen atoms in total. The minimum absolute atomic E-state index is 0.569. The molecule has 0 aromatic heterocycles. The largest absolute Gasteiger partial charge is 0.374 e. The van der Waals surface area contributed by atoms with Gasteiger partial charge in [0.2, 0.25) is 0 Å². The molecule has 2 aliphatic heterocycles. The van der Waals surface area contributed by atoms with Crippen LogP contribution in [0.5, 0.6) is 0 Å². The summed E-state index contributed by atoms with van der Waals surface area (Å²) in [4.78, 5) is 0. The molecule has 8 aliphatic carbocycles. The lowest BCUT2D eigenvalue weighted by Gasteiger charge is -2.54. The summed E-state index contributed by atoms with van der Waals surface area (Å²) >= 11 is 0. The molecule has 0 aromatic carbocycles. The normalized spacial score (nSPS) is 53.2. The molecule has 10 rings (SSSR count). The van der Waals surface area contributed by atoms with E-state index < -0.39 is 0 Å². The lowest BCUT2D eigenvalue weighted by Crippen LogP contribution is -2.66. The quantitative estimate of drug-likeness (QED) is 0.315. The van der Waals surface area contributed by atoms with E-state index in [4.69, 9.17) is 4.74 Å². The van der Waals surface area contributed by atoms with Crippen molar-refractivity contribution in [3.63, 3.8) is 0 Å². The van der Waals surface area contributed by atoms with Crippen molar-refractivity contribution >= 4 is 0 Å². The second-order valence-electron chi connectivity index (χ2n) is 20.5. The van der Waals surface area contributed by atoms with Gasteiger partial charge in [0.15, 0.2) is 0 Å². The van der Waals surface area contributed by atoms with E-state index in [1.54, 1.807) is 25.7 Å². The van der Waals surface area contributed by atoms with Gasteiger partial charge in [-0.3, -0.25) is 10.6 Å². The van der Waals surface area contributed by atoms with E-state index in [1.165, 1.54) is 148 Å². The summed E-state index contributed by atoms with van der Waals surface area (Å²) in [5, 5.41) is 9.11. The SMILES string of the molecule is C1CCC(C2NC(C3CCCC4CC5CCCCC5C43)CC(C3CCC(C4CCCCC4)C4OC5CC6CCCCC6CC5C34)N2)CC1. The number of rotatable bonds is 4. The molecule has 0 aromatic rings. The second-order valence-corrected chi connectivity index (χ2v) is 20.5. The molecule has 0 amide bonds. The van der Waals surface area contributed by atoms with Crippen LogP contribution in [0.3, 0.4) is 0 Å². The predicted molar refractivity (Wildman–Crippen MR) is 196 cm³/mol. The Morgan fingerprint density at radius 2 is 0.896 bits per heavy atom. The van der Waals surface area contributed by atoms with Crippen LogP contribution >= 0.6 is 0 Å². The highest BCUT2D eigenvalue weighted by Gasteiger charge is 2.59. The van der Waals surface area contributed by atoms with Crippen molar-refractivity contribution in [1.82, 2.24) is 10.6 Å². The molecule has 2 N–H and O–H groups in total. The molecular formula is C45H74N2O. The zero-order valence-electron chi connectivity index (χ0n) is 30.9. The van der Waals surface area contributed by atoms with Crippen molar-refractivity contribution in [2.24, 2.45) is 76.9 Å². The van der Waals surface area contributed by atoms with Gasteiger partial charge in [-0.2, -0.15) is 0 Å². The molecule has 16 unspecified atom stereocenters. The van der Waals surface area contributed by atoms with Crippen LogP contribution in [0, 0.1) is 76.9 Å². The van der Waals surface area contributed by atoms with Crippen molar-refractivity contribution in [2.45, 2.75) is 204 Å². The van der Waals surface area contributed by atoms with Gasteiger partial charge in [-0.05, 0) is 141 Å². The van der Waals surface area contributed by atoms with Crippen molar-refractivity contribution in [3.05, 3.63) is 0 Å². The van der Waals surface area contributed by atoms with Gasteiger partial charge in [-0.1, -0.05) is 109 Å². The Balaban J connectivity index is 0.956. The van der Waals surface area contributed by atoms with Crippen LogP contribution in [0.4, 0.5) is 0 Å². The average Bonchev–Trinajstić information content (AvgIpc) is 3.72. The maximum absolute atomic E-state index is 7.56. The molecule has 48 heavy (non-hydrogen) atoms. The zero-order chi connectivity index (χ0) is 31.6. The van der Waals surface area contributed by atoms with Gasteiger partial charge < -0.3 is 4.74 Å². The third-order valence-electron chi connectivity index (χ3n) is 18.5. The molecule has 0 radical (unpaired) electrons. The maximum Gasteiger partial charge on any atom is 0.0644 e. The molecule has 270 valence electrons. The van der Waals surface area contributed by atoms with Gasteiger partial charge in [0.05, 0.1) is 18.4 Å². The molecule has 0 spiro atoms. The minimum Gasteiger partial charge on any atom is -0.374 e. The highest BCUT2D eigenvalue weighted by molar-refractivity contribution is 5.10. The summed E-state index contributed by atoms with van der Waals surface area (Å²) in [6.45, 7) is 0. The summed E-state index contributed by atoms with van der Waals surface area (Å²) in [7, 11) is 0. The molecule has 3 heteroatoms. The van der Waals surface area contributed by atoms with Gasteiger partial charge in [-0.15, -0.1) is 0 Å². The van der Waals surface area contributed by atoms with Gasteiger partial charge in [0, 0.05) is 12.1 Å². The molecule has 0 bridgehead atoms. The number of nitrogens with one attached hydrogen (secondary N) is 2. The summed E-state index contributed by atoms with van der Waals surface area (Å²) in [6.07, 6.45) is 42.4. The van der Waals surface area contributed by atoms with E-state index in [-0.39, 0.29) is 0 Å². The first kappa shape index (κ1) is 32.5. The fourth-order valence-corrected chi connectivity index (χ4v) is 16.6. The molecule has 16 atom stereocenters. The molecule has 10 fully saturated rings. The van der Waals surface area contributed by atoms with Crippen LogP contribution in [0.25, 0.3) is 0 Å². The first-order valence-corrected chi connectivity index (χ1v) is 23.0. The van der Waals surface area contributed by atoms with Crippen LogP contribution < -0.4 is 10.6 Å². The number of hydrogen-bond donors (Lipinski definition) is 2. The summed E-state index contributed by atoms with van der Waals surface area (Å²) in [5.41, 5.74) is 0. The second kappa shape index (κ2) is 14.0. The van der Waals surface area contributed by atoms with E-state index in [1.807, 2.05) is 0 Å². The smallest absolute Gasteiger partial charge is 0.0644 e. The number of fused-ring (bicyclic) bond motifs is 7. The van der Waals surface area contributed by atoms with Crippen molar-refractivity contribution in [3.8, 4) is 0 Å². The summed E-state index contributed by atoms with van der Waals surface area (Å²) in [6, 6.07) is 1.48. The van der Waals surface area contributed by atoms with Crippen LogP contribution in [0.15, 0.2) is 0 Å². The molecule has 8 saturated carbocycles. The topological polar surface area (TPSA) is 33.3 Å². The van der Waals surface area contributed by atoms with Crippen LogP contribution in [0.1, 0.15) is 173 Å². The molecular weight excluding hydrogens is 585 g/mol. The number of ether oxygens (including phenoxy) is 1. The lowest BCUT2D eigenvalue weighted by atomic mass is 9.56.